The second kappa shape index (κ2) is 57.1. The summed E-state index contributed by atoms with van der Waals surface area (Å²) in [6.45, 7) is 4.34. The van der Waals surface area contributed by atoms with E-state index in [1.165, 1.54) is 173 Å². The summed E-state index contributed by atoms with van der Waals surface area (Å²) in [6.07, 6.45) is 75.5. The number of phosphoric acid groups is 1. The van der Waals surface area contributed by atoms with Gasteiger partial charge in [-0.25, -0.2) is 4.57 Å². The Hall–Kier alpha value is -2.55. The monoisotopic (exact) mass is 1090 g/mol. The fraction of sp³-hybridized carbons (Fsp3) is 0.788. The van der Waals surface area contributed by atoms with Crippen molar-refractivity contribution in [3.63, 3.8) is 0 Å². The van der Waals surface area contributed by atoms with Crippen LogP contribution in [0, 0.1) is 0 Å². The summed E-state index contributed by atoms with van der Waals surface area (Å²) < 4.78 is 34.6. The van der Waals surface area contributed by atoms with E-state index in [0.717, 1.165) is 77.0 Å². The molecule has 0 amide bonds. The third kappa shape index (κ3) is 60.7. The van der Waals surface area contributed by atoms with Crippen LogP contribution in [0.3, 0.4) is 0 Å². The molecule has 0 aromatic rings. The standard InChI is InChI=1S/C66H120NO8P/c1-6-8-10-12-14-16-18-20-22-24-26-28-30-31-32-33-34-35-37-38-40-42-44-46-48-50-52-54-56-58-65(68)72-62-64(63-74-76(70,71)73-61-60-67(3,4)5)75-66(69)59-57-55-53-51-49-47-45-43-41-39-36-29-27-25-23-21-19-17-15-13-11-9-7-2/h9,11,15,17-18,20-21,23-24,26-27,29,64H,6-8,10,12-14,16,19,22,25,28,30-63H2,1-5H3/p+1/b11-9-,17-15-,20-18-,23-21-,26-24-,29-27-. The van der Waals surface area contributed by atoms with Gasteiger partial charge in [-0.3, -0.25) is 18.6 Å². The minimum absolute atomic E-state index is 0.0293. The SMILES string of the molecule is CC/C=C\C/C=C\C/C=C\C/C=C\CCCCCCCCCCCCC(=O)OC(COC(=O)CCCCCCCCCCCCCCCCCCC/C=C\C/C=C\CCCCCCC)COP(=O)(O)OCC[N+](C)(C)C. The third-order valence-corrected chi connectivity index (χ3v) is 14.7. The van der Waals surface area contributed by atoms with E-state index in [-0.39, 0.29) is 32.0 Å². The van der Waals surface area contributed by atoms with Crippen molar-refractivity contribution < 1.29 is 42.1 Å². The number of hydrogen-bond acceptors (Lipinski definition) is 7. The first-order valence-corrected chi connectivity index (χ1v) is 33.2. The molecule has 2 atom stereocenters. The van der Waals surface area contributed by atoms with Gasteiger partial charge in [-0.05, 0) is 83.5 Å². The number of esters is 2. The zero-order valence-electron chi connectivity index (χ0n) is 50.2. The molecule has 1 N–H and O–H groups in total. The summed E-state index contributed by atoms with van der Waals surface area (Å²) >= 11 is 0. The van der Waals surface area contributed by atoms with Gasteiger partial charge in [-0.15, -0.1) is 0 Å². The lowest BCUT2D eigenvalue weighted by Crippen LogP contribution is -2.37. The van der Waals surface area contributed by atoms with Crippen molar-refractivity contribution >= 4 is 19.8 Å². The minimum Gasteiger partial charge on any atom is -0.462 e. The molecule has 0 aliphatic carbocycles. The molecule has 0 aliphatic rings. The fourth-order valence-corrected chi connectivity index (χ4v) is 9.60. The molecule has 2 unspecified atom stereocenters. The summed E-state index contributed by atoms with van der Waals surface area (Å²) in [6, 6.07) is 0. The first-order valence-electron chi connectivity index (χ1n) is 31.7. The molecule has 0 bridgehead atoms. The molecule has 0 saturated heterocycles. The highest BCUT2D eigenvalue weighted by molar-refractivity contribution is 7.47. The number of hydrogen-bond donors (Lipinski definition) is 1. The summed E-state index contributed by atoms with van der Waals surface area (Å²) in [5.74, 6) is -0.795. The average Bonchev–Trinajstić information content (AvgIpc) is 3.38. The molecule has 0 radical (unpaired) electrons. The van der Waals surface area contributed by atoms with Crippen molar-refractivity contribution in [1.82, 2.24) is 0 Å². The third-order valence-electron chi connectivity index (χ3n) is 13.7. The molecule has 0 heterocycles. The minimum atomic E-state index is -4.39. The predicted octanol–water partition coefficient (Wildman–Crippen LogP) is 20.0. The van der Waals surface area contributed by atoms with E-state index >= 15 is 0 Å². The number of likely N-dealkylation sites (N-methyl/N-ethyl adjacent to an activating group) is 1. The van der Waals surface area contributed by atoms with Crippen LogP contribution in [0.15, 0.2) is 72.9 Å². The van der Waals surface area contributed by atoms with Crippen LogP contribution in [0.5, 0.6) is 0 Å². The van der Waals surface area contributed by atoms with Crippen molar-refractivity contribution in [1.29, 1.82) is 0 Å². The lowest BCUT2D eigenvalue weighted by Gasteiger charge is -2.24. The summed E-state index contributed by atoms with van der Waals surface area (Å²) in [5, 5.41) is 0. The zero-order valence-corrected chi connectivity index (χ0v) is 51.1. The van der Waals surface area contributed by atoms with Gasteiger partial charge in [0, 0.05) is 12.8 Å². The first-order chi connectivity index (χ1) is 37.0. The summed E-state index contributed by atoms with van der Waals surface area (Å²) in [7, 11) is 1.48. The maximum absolute atomic E-state index is 12.8. The van der Waals surface area contributed by atoms with Gasteiger partial charge < -0.3 is 18.9 Å². The normalized spacial score (nSPS) is 13.7. The highest BCUT2D eigenvalue weighted by atomic mass is 31.2. The van der Waals surface area contributed by atoms with Crippen molar-refractivity contribution in [2.24, 2.45) is 0 Å². The van der Waals surface area contributed by atoms with Crippen LogP contribution in [-0.2, 0) is 32.7 Å². The Morgan fingerprint density at radius 3 is 1.12 bits per heavy atom. The Bertz CT molecular complexity index is 1510. The van der Waals surface area contributed by atoms with Crippen LogP contribution in [0.25, 0.3) is 0 Å². The Balaban J connectivity index is 4.09. The van der Waals surface area contributed by atoms with Gasteiger partial charge >= 0.3 is 19.8 Å². The number of carbonyl (C=O) groups is 2. The molecule has 0 aromatic heterocycles. The second-order valence-electron chi connectivity index (χ2n) is 22.4. The van der Waals surface area contributed by atoms with Crippen LogP contribution >= 0.6 is 7.82 Å². The summed E-state index contributed by atoms with van der Waals surface area (Å²) in [5.41, 5.74) is 0. The molecule has 0 saturated carbocycles. The smallest absolute Gasteiger partial charge is 0.462 e. The Morgan fingerprint density at radius 2 is 0.750 bits per heavy atom. The molecule has 76 heavy (non-hydrogen) atoms. The van der Waals surface area contributed by atoms with Crippen molar-refractivity contribution in [3.8, 4) is 0 Å². The molecule has 9 nitrogen and oxygen atoms in total. The zero-order chi connectivity index (χ0) is 55.6. The van der Waals surface area contributed by atoms with Crippen LogP contribution < -0.4 is 0 Å². The Labute approximate surface area is 469 Å². The van der Waals surface area contributed by atoms with E-state index in [1.54, 1.807) is 0 Å². The highest BCUT2D eigenvalue weighted by Gasteiger charge is 2.27. The molecule has 0 fully saturated rings. The maximum Gasteiger partial charge on any atom is 0.472 e. The van der Waals surface area contributed by atoms with Crippen LogP contribution in [-0.4, -0.2) is 74.9 Å². The number of nitrogens with zero attached hydrogens (tertiary/aromatic N) is 1. The van der Waals surface area contributed by atoms with E-state index in [0.29, 0.717) is 17.4 Å². The number of allylic oxidation sites excluding steroid dienone is 12. The Morgan fingerprint density at radius 1 is 0.421 bits per heavy atom. The van der Waals surface area contributed by atoms with E-state index in [9.17, 15) is 19.0 Å². The van der Waals surface area contributed by atoms with Crippen molar-refractivity contribution in [2.45, 2.75) is 290 Å². The average molecular weight is 1090 g/mol. The number of quaternary nitrogens is 1. The van der Waals surface area contributed by atoms with Gasteiger partial charge in [0.15, 0.2) is 6.10 Å². The number of rotatable bonds is 58. The number of carbonyl (C=O) groups excluding carboxylic acids is 2. The van der Waals surface area contributed by atoms with E-state index in [1.807, 2.05) is 21.1 Å². The van der Waals surface area contributed by atoms with E-state index in [2.05, 4.69) is 86.8 Å². The van der Waals surface area contributed by atoms with Gasteiger partial charge in [0.05, 0.1) is 27.7 Å². The molecule has 0 aromatic carbocycles. The van der Waals surface area contributed by atoms with Crippen LogP contribution in [0.1, 0.15) is 284 Å². The first kappa shape index (κ1) is 73.5. The van der Waals surface area contributed by atoms with Crippen molar-refractivity contribution in [3.05, 3.63) is 72.9 Å². The summed E-state index contributed by atoms with van der Waals surface area (Å²) in [4.78, 5) is 35.8. The van der Waals surface area contributed by atoms with Gasteiger partial charge in [-0.2, -0.15) is 0 Å². The van der Waals surface area contributed by atoms with Crippen molar-refractivity contribution in [2.75, 3.05) is 47.5 Å². The Kier molecular flexibility index (Phi) is 55.2. The maximum atomic E-state index is 12.8. The molecular formula is C66H121NO8P+. The van der Waals surface area contributed by atoms with Crippen LogP contribution in [0.4, 0.5) is 0 Å². The lowest BCUT2D eigenvalue weighted by atomic mass is 10.0. The van der Waals surface area contributed by atoms with E-state index < -0.39 is 26.5 Å². The van der Waals surface area contributed by atoms with Gasteiger partial charge in [0.1, 0.15) is 19.8 Å². The number of unbranched alkanes of at least 4 members (excludes halogenated alkanes) is 32. The van der Waals surface area contributed by atoms with E-state index in [4.69, 9.17) is 18.5 Å². The topological polar surface area (TPSA) is 108 Å². The second-order valence-corrected chi connectivity index (χ2v) is 23.9. The molecule has 10 heteroatoms. The molecule has 0 rings (SSSR count). The quantitative estimate of drug-likeness (QED) is 0.0211. The molecular weight excluding hydrogens is 966 g/mol. The highest BCUT2D eigenvalue weighted by Crippen LogP contribution is 2.43. The molecule has 442 valence electrons. The van der Waals surface area contributed by atoms with Gasteiger partial charge in [0.25, 0.3) is 0 Å². The lowest BCUT2D eigenvalue weighted by molar-refractivity contribution is -0.870. The van der Waals surface area contributed by atoms with Gasteiger partial charge in [0.2, 0.25) is 0 Å². The largest absolute Gasteiger partial charge is 0.472 e. The molecule has 0 aliphatic heterocycles. The fourth-order valence-electron chi connectivity index (χ4n) is 8.86. The molecule has 0 spiro atoms. The number of phosphoric ester groups is 1. The van der Waals surface area contributed by atoms with Crippen LogP contribution in [0.2, 0.25) is 0 Å². The predicted molar refractivity (Wildman–Crippen MR) is 326 cm³/mol. The number of ether oxygens (including phenoxy) is 2. The van der Waals surface area contributed by atoms with Gasteiger partial charge in [-0.1, -0.05) is 260 Å².